The Labute approximate surface area is 121 Å². The average molecular weight is 291 g/mol. The Balaban J connectivity index is 2.03. The topological polar surface area (TPSA) is 102 Å². The van der Waals surface area contributed by atoms with Gasteiger partial charge < -0.3 is 10.4 Å². The van der Waals surface area contributed by atoms with Gasteiger partial charge in [-0.25, -0.2) is 9.48 Å². The average Bonchev–Trinajstić information content (AvgIpc) is 2.97. The molecule has 112 valence electrons. The van der Waals surface area contributed by atoms with Gasteiger partial charge in [0, 0.05) is 24.5 Å². The highest BCUT2D eigenvalue weighted by atomic mass is 16.4. The zero-order chi connectivity index (χ0) is 15.4. The number of carboxylic acid groups (broad SMARTS) is 1. The van der Waals surface area contributed by atoms with E-state index in [-0.39, 0.29) is 18.1 Å². The SMILES string of the molecule is CCCn1nc(NC(=O)Cn2nccc2C(=O)O)cc1C. The van der Waals surface area contributed by atoms with Crippen LogP contribution in [0.3, 0.4) is 0 Å². The molecule has 0 unspecified atom stereocenters. The summed E-state index contributed by atoms with van der Waals surface area (Å²) in [4.78, 5) is 22.9. The minimum atomic E-state index is -1.12. The van der Waals surface area contributed by atoms with Crippen LogP contribution in [-0.2, 0) is 17.9 Å². The summed E-state index contributed by atoms with van der Waals surface area (Å²) in [5.41, 5.74) is 0.926. The van der Waals surface area contributed by atoms with Crippen LogP contribution in [0.1, 0.15) is 29.5 Å². The molecule has 21 heavy (non-hydrogen) atoms. The normalized spacial score (nSPS) is 10.6. The molecular weight excluding hydrogens is 274 g/mol. The van der Waals surface area contributed by atoms with Crippen molar-refractivity contribution >= 4 is 17.7 Å². The molecule has 2 aromatic heterocycles. The minimum absolute atomic E-state index is 0.0298. The van der Waals surface area contributed by atoms with Crippen LogP contribution in [0.2, 0.25) is 0 Å². The zero-order valence-electron chi connectivity index (χ0n) is 11.9. The molecule has 2 aromatic rings. The molecule has 0 spiro atoms. The van der Waals surface area contributed by atoms with Gasteiger partial charge in [0.05, 0.1) is 0 Å². The number of amides is 1. The summed E-state index contributed by atoms with van der Waals surface area (Å²) in [7, 11) is 0. The predicted molar refractivity (Wildman–Crippen MR) is 75.1 cm³/mol. The molecule has 2 N–H and O–H groups in total. The molecule has 0 saturated heterocycles. The number of aromatic nitrogens is 4. The van der Waals surface area contributed by atoms with Gasteiger partial charge in [-0.1, -0.05) is 6.92 Å². The maximum atomic E-state index is 11.9. The number of anilines is 1. The van der Waals surface area contributed by atoms with E-state index >= 15 is 0 Å². The number of carboxylic acids is 1. The number of aromatic carboxylic acids is 1. The number of carbonyl (C=O) groups excluding carboxylic acids is 1. The van der Waals surface area contributed by atoms with E-state index in [1.165, 1.54) is 12.3 Å². The Morgan fingerprint density at radius 1 is 1.38 bits per heavy atom. The molecule has 0 aliphatic carbocycles. The molecule has 8 heteroatoms. The maximum Gasteiger partial charge on any atom is 0.354 e. The van der Waals surface area contributed by atoms with Crippen molar-refractivity contribution in [3.8, 4) is 0 Å². The Hall–Kier alpha value is -2.64. The monoisotopic (exact) mass is 291 g/mol. The highest BCUT2D eigenvalue weighted by Crippen LogP contribution is 2.09. The van der Waals surface area contributed by atoms with E-state index in [1.54, 1.807) is 6.07 Å². The molecule has 8 nitrogen and oxygen atoms in total. The molecule has 0 radical (unpaired) electrons. The number of hydrogen-bond acceptors (Lipinski definition) is 4. The van der Waals surface area contributed by atoms with Crippen LogP contribution < -0.4 is 5.32 Å². The lowest BCUT2D eigenvalue weighted by molar-refractivity contribution is -0.116. The Morgan fingerprint density at radius 2 is 2.14 bits per heavy atom. The zero-order valence-corrected chi connectivity index (χ0v) is 11.9. The van der Waals surface area contributed by atoms with E-state index in [1.807, 2.05) is 18.5 Å². The molecule has 0 bridgehead atoms. The first kappa shape index (κ1) is 14.8. The fraction of sp³-hybridized carbons (Fsp3) is 0.385. The standard InChI is InChI=1S/C13H17N5O3/c1-3-6-17-9(2)7-11(16-17)15-12(19)8-18-10(13(20)21)4-5-14-18/h4-5,7H,3,6,8H2,1-2H3,(H,20,21)(H,15,16,19). The summed E-state index contributed by atoms with van der Waals surface area (Å²) in [6, 6.07) is 3.12. The molecule has 2 heterocycles. The van der Waals surface area contributed by atoms with Gasteiger partial charge in [0.2, 0.25) is 5.91 Å². The Bertz CT molecular complexity index is 659. The van der Waals surface area contributed by atoms with Crippen molar-refractivity contribution in [2.24, 2.45) is 0 Å². The first-order chi connectivity index (χ1) is 10.0. The van der Waals surface area contributed by atoms with Crippen LogP contribution >= 0.6 is 0 Å². The third-order valence-corrected chi connectivity index (χ3v) is 2.91. The predicted octanol–water partition coefficient (Wildman–Crippen LogP) is 1.13. The Morgan fingerprint density at radius 3 is 2.81 bits per heavy atom. The largest absolute Gasteiger partial charge is 0.477 e. The van der Waals surface area contributed by atoms with Crippen molar-refractivity contribution < 1.29 is 14.7 Å². The molecular formula is C13H17N5O3. The highest BCUT2D eigenvalue weighted by molar-refractivity contribution is 5.91. The number of aryl methyl sites for hydroxylation is 2. The molecule has 2 rings (SSSR count). The van der Waals surface area contributed by atoms with Crippen molar-refractivity contribution in [2.75, 3.05) is 5.32 Å². The molecule has 0 aliphatic rings. The van der Waals surface area contributed by atoms with Crippen molar-refractivity contribution in [3.63, 3.8) is 0 Å². The Kier molecular flexibility index (Phi) is 4.36. The van der Waals surface area contributed by atoms with Crippen molar-refractivity contribution in [1.82, 2.24) is 19.6 Å². The van der Waals surface area contributed by atoms with Crippen molar-refractivity contribution in [3.05, 3.63) is 29.7 Å². The van der Waals surface area contributed by atoms with Gasteiger partial charge in [0.25, 0.3) is 0 Å². The van der Waals surface area contributed by atoms with Gasteiger partial charge in [0.1, 0.15) is 12.2 Å². The number of nitrogens with zero attached hydrogens (tertiary/aromatic N) is 4. The fourth-order valence-corrected chi connectivity index (χ4v) is 1.97. The lowest BCUT2D eigenvalue weighted by Crippen LogP contribution is -2.22. The third-order valence-electron chi connectivity index (χ3n) is 2.91. The van der Waals surface area contributed by atoms with E-state index in [9.17, 15) is 9.59 Å². The van der Waals surface area contributed by atoms with E-state index < -0.39 is 5.97 Å². The molecule has 0 aliphatic heterocycles. The van der Waals surface area contributed by atoms with Gasteiger partial charge in [0.15, 0.2) is 5.82 Å². The third kappa shape index (κ3) is 3.47. The minimum Gasteiger partial charge on any atom is -0.477 e. The quantitative estimate of drug-likeness (QED) is 0.830. The molecule has 0 fully saturated rings. The van der Waals surface area contributed by atoms with Crippen LogP contribution in [0.4, 0.5) is 5.82 Å². The van der Waals surface area contributed by atoms with Crippen LogP contribution in [0, 0.1) is 6.92 Å². The van der Waals surface area contributed by atoms with Crippen molar-refractivity contribution in [2.45, 2.75) is 33.4 Å². The molecule has 0 saturated carbocycles. The second kappa shape index (κ2) is 6.21. The van der Waals surface area contributed by atoms with Gasteiger partial charge in [-0.2, -0.15) is 10.2 Å². The van der Waals surface area contributed by atoms with Gasteiger partial charge >= 0.3 is 5.97 Å². The van der Waals surface area contributed by atoms with Crippen LogP contribution in [0.15, 0.2) is 18.3 Å². The first-order valence-corrected chi connectivity index (χ1v) is 6.60. The molecule has 1 amide bonds. The van der Waals surface area contributed by atoms with E-state index in [2.05, 4.69) is 15.5 Å². The number of carbonyl (C=O) groups is 2. The second-order valence-corrected chi connectivity index (χ2v) is 4.62. The van der Waals surface area contributed by atoms with Crippen LogP contribution in [-0.4, -0.2) is 36.5 Å². The van der Waals surface area contributed by atoms with Crippen molar-refractivity contribution in [1.29, 1.82) is 0 Å². The summed E-state index contributed by atoms with van der Waals surface area (Å²) >= 11 is 0. The summed E-state index contributed by atoms with van der Waals surface area (Å²) < 4.78 is 2.94. The summed E-state index contributed by atoms with van der Waals surface area (Å²) in [5.74, 6) is -1.04. The van der Waals surface area contributed by atoms with E-state index in [0.29, 0.717) is 5.82 Å². The summed E-state index contributed by atoms with van der Waals surface area (Å²) in [6.07, 6.45) is 2.29. The first-order valence-electron chi connectivity index (χ1n) is 6.60. The lowest BCUT2D eigenvalue weighted by atomic mass is 10.4. The highest BCUT2D eigenvalue weighted by Gasteiger charge is 2.14. The number of hydrogen-bond donors (Lipinski definition) is 2. The van der Waals surface area contributed by atoms with E-state index in [4.69, 9.17) is 5.11 Å². The van der Waals surface area contributed by atoms with Gasteiger partial charge in [-0.15, -0.1) is 0 Å². The maximum absolute atomic E-state index is 11.9. The van der Waals surface area contributed by atoms with E-state index in [0.717, 1.165) is 23.3 Å². The van der Waals surface area contributed by atoms with Crippen LogP contribution in [0.25, 0.3) is 0 Å². The smallest absolute Gasteiger partial charge is 0.354 e. The molecule has 0 aromatic carbocycles. The molecule has 0 atom stereocenters. The number of nitrogens with one attached hydrogen (secondary N) is 1. The number of rotatable bonds is 6. The van der Waals surface area contributed by atoms with Crippen LogP contribution in [0.5, 0.6) is 0 Å². The summed E-state index contributed by atoms with van der Waals surface area (Å²) in [6.45, 7) is 4.57. The second-order valence-electron chi connectivity index (χ2n) is 4.62. The fourth-order valence-electron chi connectivity index (χ4n) is 1.97. The summed E-state index contributed by atoms with van der Waals surface area (Å²) in [5, 5.41) is 19.7. The van der Waals surface area contributed by atoms with Gasteiger partial charge in [-0.05, 0) is 19.4 Å². The van der Waals surface area contributed by atoms with Gasteiger partial charge in [-0.3, -0.25) is 9.48 Å². The lowest BCUT2D eigenvalue weighted by Gasteiger charge is -2.04.